The second-order valence-electron chi connectivity index (χ2n) is 4.37. The molecule has 5 heteroatoms. The van der Waals surface area contributed by atoms with E-state index in [1.54, 1.807) is 17.0 Å². The van der Waals surface area contributed by atoms with Crippen LogP contribution in [0.1, 0.15) is 6.92 Å². The lowest BCUT2D eigenvalue weighted by Gasteiger charge is -2.41. The second-order valence-corrected chi connectivity index (χ2v) is 4.37. The van der Waals surface area contributed by atoms with Crippen molar-refractivity contribution in [2.75, 3.05) is 19.6 Å². The molecular weight excluding hydrogens is 218 g/mol. The van der Waals surface area contributed by atoms with Gasteiger partial charge >= 0.3 is 6.09 Å². The fraction of sp³-hybridized carbons (Fsp3) is 0.417. The second kappa shape index (κ2) is 4.73. The molecule has 1 aliphatic rings. The summed E-state index contributed by atoms with van der Waals surface area (Å²) in [5, 5.41) is 3.15. The predicted octanol–water partition coefficient (Wildman–Crippen LogP) is 0.765. The topological polar surface area (TPSA) is 67.6 Å². The van der Waals surface area contributed by atoms with Crippen molar-refractivity contribution >= 4 is 6.09 Å². The number of ether oxygens (including phenoxy) is 1. The minimum Gasteiger partial charge on any atom is -0.410 e. The van der Waals surface area contributed by atoms with Crippen molar-refractivity contribution in [3.8, 4) is 5.75 Å². The molecule has 5 nitrogen and oxygen atoms in total. The lowest BCUT2D eigenvalue weighted by molar-refractivity contribution is 0.0754. The number of benzene rings is 1. The van der Waals surface area contributed by atoms with Gasteiger partial charge in [-0.15, -0.1) is 0 Å². The van der Waals surface area contributed by atoms with Gasteiger partial charge in [0.05, 0.1) is 0 Å². The molecule has 3 N–H and O–H groups in total. The van der Waals surface area contributed by atoms with Crippen LogP contribution >= 0.6 is 0 Å². The van der Waals surface area contributed by atoms with Gasteiger partial charge in [0.1, 0.15) is 11.4 Å². The van der Waals surface area contributed by atoms with Crippen LogP contribution < -0.4 is 15.8 Å². The highest BCUT2D eigenvalue weighted by Crippen LogP contribution is 2.15. The third kappa shape index (κ3) is 2.75. The molecular formula is C12H17N3O2. The molecule has 0 aliphatic carbocycles. The zero-order chi connectivity index (χ0) is 12.3. The van der Waals surface area contributed by atoms with E-state index in [0.29, 0.717) is 18.8 Å². The summed E-state index contributed by atoms with van der Waals surface area (Å²) in [6, 6.07) is 9.00. The number of carbonyl (C=O) groups is 1. The van der Waals surface area contributed by atoms with Gasteiger partial charge in [-0.2, -0.15) is 0 Å². The van der Waals surface area contributed by atoms with E-state index in [1.807, 2.05) is 25.1 Å². The summed E-state index contributed by atoms with van der Waals surface area (Å²) >= 11 is 0. The number of amides is 1. The zero-order valence-corrected chi connectivity index (χ0v) is 9.85. The van der Waals surface area contributed by atoms with Crippen molar-refractivity contribution in [2.45, 2.75) is 12.6 Å². The Morgan fingerprint density at radius 1 is 1.47 bits per heavy atom. The fourth-order valence-electron chi connectivity index (χ4n) is 1.83. The van der Waals surface area contributed by atoms with Crippen LogP contribution in [0.25, 0.3) is 0 Å². The number of hydrogen-bond donors (Lipinski definition) is 2. The summed E-state index contributed by atoms with van der Waals surface area (Å²) in [6.07, 6.45) is -0.400. The fourth-order valence-corrected chi connectivity index (χ4v) is 1.83. The maximum absolute atomic E-state index is 12.0. The van der Waals surface area contributed by atoms with Gasteiger partial charge in [0.25, 0.3) is 0 Å². The molecule has 1 atom stereocenters. The molecule has 1 saturated heterocycles. The Labute approximate surface area is 101 Å². The summed E-state index contributed by atoms with van der Waals surface area (Å²) in [7, 11) is 0. The number of nitrogens with zero attached hydrogens (tertiary/aromatic N) is 1. The first-order valence-electron chi connectivity index (χ1n) is 5.64. The third-order valence-electron chi connectivity index (χ3n) is 2.78. The van der Waals surface area contributed by atoms with Gasteiger partial charge in [0.15, 0.2) is 0 Å². The quantitative estimate of drug-likeness (QED) is 0.754. The molecule has 0 saturated carbocycles. The molecule has 0 spiro atoms. The van der Waals surface area contributed by atoms with Crippen LogP contribution in [-0.2, 0) is 0 Å². The first-order chi connectivity index (χ1) is 8.09. The molecule has 2 rings (SSSR count). The molecule has 0 aromatic heterocycles. The van der Waals surface area contributed by atoms with Crippen molar-refractivity contribution in [2.24, 2.45) is 5.73 Å². The van der Waals surface area contributed by atoms with Crippen molar-refractivity contribution in [1.82, 2.24) is 10.2 Å². The largest absolute Gasteiger partial charge is 0.416 e. The highest BCUT2D eigenvalue weighted by atomic mass is 16.6. The standard InChI is InChI=1S/C12H17N3O2/c1-12(13)9-14-7-8-15(12)11(16)17-10-5-3-2-4-6-10/h2-6,14H,7-9,13H2,1H3. The molecule has 1 amide bonds. The molecule has 1 fully saturated rings. The number of nitrogens with one attached hydrogen (secondary N) is 1. The van der Waals surface area contributed by atoms with Crippen LogP contribution in [0.5, 0.6) is 5.75 Å². The SMILES string of the molecule is CC1(N)CNCCN1C(=O)Oc1ccccc1. The average molecular weight is 235 g/mol. The van der Waals surface area contributed by atoms with Crippen LogP contribution in [0, 0.1) is 0 Å². The van der Waals surface area contributed by atoms with Gasteiger partial charge in [-0.1, -0.05) is 18.2 Å². The number of piperazine rings is 1. The van der Waals surface area contributed by atoms with Gasteiger partial charge in [0.2, 0.25) is 0 Å². The molecule has 1 aromatic rings. The Balaban J connectivity index is 2.04. The van der Waals surface area contributed by atoms with E-state index in [9.17, 15) is 4.79 Å². The summed E-state index contributed by atoms with van der Waals surface area (Å²) in [5.41, 5.74) is 5.33. The predicted molar refractivity (Wildman–Crippen MR) is 64.6 cm³/mol. The molecule has 92 valence electrons. The minimum absolute atomic E-state index is 0.400. The van der Waals surface area contributed by atoms with E-state index >= 15 is 0 Å². The van der Waals surface area contributed by atoms with E-state index in [-0.39, 0.29) is 0 Å². The van der Waals surface area contributed by atoms with Crippen LogP contribution in [0.2, 0.25) is 0 Å². The highest BCUT2D eigenvalue weighted by molar-refractivity contribution is 5.71. The van der Waals surface area contributed by atoms with Gasteiger partial charge in [0, 0.05) is 19.6 Å². The number of carbonyl (C=O) groups excluding carboxylic acids is 1. The Morgan fingerprint density at radius 3 is 2.82 bits per heavy atom. The molecule has 17 heavy (non-hydrogen) atoms. The van der Waals surface area contributed by atoms with E-state index in [4.69, 9.17) is 10.5 Å². The molecule has 0 bridgehead atoms. The van der Waals surface area contributed by atoms with E-state index in [2.05, 4.69) is 5.32 Å². The molecule has 1 heterocycles. The van der Waals surface area contributed by atoms with Crippen LogP contribution in [0.4, 0.5) is 4.79 Å². The van der Waals surface area contributed by atoms with Gasteiger partial charge < -0.3 is 15.8 Å². The normalized spacial score (nSPS) is 24.5. The zero-order valence-electron chi connectivity index (χ0n) is 9.85. The first kappa shape index (κ1) is 11.9. The molecule has 1 aromatic carbocycles. The van der Waals surface area contributed by atoms with Crippen molar-refractivity contribution in [3.63, 3.8) is 0 Å². The minimum atomic E-state index is -0.704. The number of hydrogen-bond acceptors (Lipinski definition) is 4. The monoisotopic (exact) mass is 235 g/mol. The van der Waals surface area contributed by atoms with Crippen molar-refractivity contribution < 1.29 is 9.53 Å². The Hall–Kier alpha value is -1.59. The smallest absolute Gasteiger partial charge is 0.410 e. The molecule has 0 radical (unpaired) electrons. The van der Waals surface area contributed by atoms with Crippen LogP contribution in [0.3, 0.4) is 0 Å². The van der Waals surface area contributed by atoms with E-state index < -0.39 is 11.8 Å². The van der Waals surface area contributed by atoms with E-state index in [1.165, 1.54) is 0 Å². The molecule has 1 unspecified atom stereocenters. The van der Waals surface area contributed by atoms with Gasteiger partial charge in [-0.3, -0.25) is 4.90 Å². The maximum atomic E-state index is 12.0. The first-order valence-corrected chi connectivity index (χ1v) is 5.64. The highest BCUT2D eigenvalue weighted by Gasteiger charge is 2.35. The number of rotatable bonds is 1. The lowest BCUT2D eigenvalue weighted by Crippen LogP contribution is -2.66. The summed E-state index contributed by atoms with van der Waals surface area (Å²) in [4.78, 5) is 13.5. The summed E-state index contributed by atoms with van der Waals surface area (Å²) in [5.74, 6) is 0.534. The van der Waals surface area contributed by atoms with Gasteiger partial charge in [-0.25, -0.2) is 4.79 Å². The Bertz CT molecular complexity index is 392. The van der Waals surface area contributed by atoms with Crippen molar-refractivity contribution in [3.05, 3.63) is 30.3 Å². The summed E-state index contributed by atoms with van der Waals surface area (Å²) < 4.78 is 5.27. The van der Waals surface area contributed by atoms with E-state index in [0.717, 1.165) is 6.54 Å². The number of para-hydroxylation sites is 1. The van der Waals surface area contributed by atoms with Crippen LogP contribution in [-0.4, -0.2) is 36.3 Å². The Kier molecular flexibility index (Phi) is 3.31. The average Bonchev–Trinajstić information content (AvgIpc) is 2.29. The maximum Gasteiger partial charge on any atom is 0.416 e. The third-order valence-corrected chi connectivity index (χ3v) is 2.78. The summed E-state index contributed by atoms with van der Waals surface area (Å²) in [6.45, 7) is 3.66. The lowest BCUT2D eigenvalue weighted by atomic mass is 10.1. The number of nitrogens with two attached hydrogens (primary N) is 1. The molecule has 1 aliphatic heterocycles. The Morgan fingerprint density at radius 2 is 2.18 bits per heavy atom. The van der Waals surface area contributed by atoms with Gasteiger partial charge in [-0.05, 0) is 19.1 Å². The van der Waals surface area contributed by atoms with Crippen molar-refractivity contribution in [1.29, 1.82) is 0 Å². The van der Waals surface area contributed by atoms with Crippen LogP contribution in [0.15, 0.2) is 30.3 Å².